The minimum Gasteiger partial charge on any atom is -0.393 e. The minimum atomic E-state index is -0.469. The summed E-state index contributed by atoms with van der Waals surface area (Å²) < 4.78 is 11.5. The van der Waals surface area contributed by atoms with Crippen molar-refractivity contribution in [1.29, 1.82) is 0 Å². The zero-order chi connectivity index (χ0) is 17.8. The topological polar surface area (TPSA) is 38.7 Å². The van der Waals surface area contributed by atoms with Gasteiger partial charge in [-0.05, 0) is 80.5 Å². The van der Waals surface area contributed by atoms with Gasteiger partial charge < -0.3 is 14.6 Å². The molecule has 3 nitrogen and oxygen atoms in total. The second kappa shape index (κ2) is 6.35. The van der Waals surface area contributed by atoms with E-state index < -0.39 is 5.79 Å². The van der Waals surface area contributed by atoms with Gasteiger partial charge in [0.2, 0.25) is 0 Å². The largest absolute Gasteiger partial charge is 0.393 e. The molecule has 0 spiro atoms. The predicted molar refractivity (Wildman–Crippen MR) is 99.0 cm³/mol. The molecular formula is C22H36O3. The average molecular weight is 349 g/mol. The summed E-state index contributed by atoms with van der Waals surface area (Å²) in [6, 6.07) is 0. The Morgan fingerprint density at radius 1 is 1.00 bits per heavy atom. The molecule has 25 heavy (non-hydrogen) atoms. The Bertz CT molecular complexity index is 537. The molecule has 0 heterocycles. The summed E-state index contributed by atoms with van der Waals surface area (Å²) in [7, 11) is 3.51. The minimum absolute atomic E-state index is 0.187. The summed E-state index contributed by atoms with van der Waals surface area (Å²) in [4.78, 5) is 0. The molecule has 0 amide bonds. The molecule has 7 atom stereocenters. The molecule has 3 heteroatoms. The van der Waals surface area contributed by atoms with E-state index in [1.165, 1.54) is 25.7 Å². The van der Waals surface area contributed by atoms with Crippen LogP contribution < -0.4 is 0 Å². The van der Waals surface area contributed by atoms with Crippen molar-refractivity contribution in [3.8, 4) is 0 Å². The SMILES string of the molecule is C/C=C1/CCC2C3C[C@H](O)C4CC(OC)(OC)CCC4[C@H]3CCC12C. The molecule has 5 unspecified atom stereocenters. The smallest absolute Gasteiger partial charge is 0.167 e. The third-order valence-corrected chi connectivity index (χ3v) is 8.95. The van der Waals surface area contributed by atoms with Crippen LogP contribution in [0.3, 0.4) is 0 Å². The Kier molecular flexibility index (Phi) is 4.57. The second-order valence-electron chi connectivity index (χ2n) is 9.44. The molecule has 0 aromatic heterocycles. The maximum Gasteiger partial charge on any atom is 0.167 e. The van der Waals surface area contributed by atoms with Crippen LogP contribution in [0.15, 0.2) is 11.6 Å². The molecule has 4 aliphatic rings. The van der Waals surface area contributed by atoms with E-state index in [1.807, 2.05) is 0 Å². The van der Waals surface area contributed by atoms with Gasteiger partial charge in [0.1, 0.15) is 0 Å². The van der Waals surface area contributed by atoms with Crippen LogP contribution in [0, 0.1) is 35.0 Å². The van der Waals surface area contributed by atoms with E-state index in [-0.39, 0.29) is 6.10 Å². The van der Waals surface area contributed by atoms with Gasteiger partial charge >= 0.3 is 0 Å². The highest BCUT2D eigenvalue weighted by Gasteiger charge is 2.58. The molecular weight excluding hydrogens is 312 g/mol. The first-order valence-electron chi connectivity index (χ1n) is 10.4. The third kappa shape index (κ3) is 2.56. The first kappa shape index (κ1) is 18.0. The first-order chi connectivity index (χ1) is 12.0. The van der Waals surface area contributed by atoms with Gasteiger partial charge in [0.25, 0.3) is 0 Å². The van der Waals surface area contributed by atoms with Crippen LogP contribution in [0.5, 0.6) is 0 Å². The fourth-order valence-electron chi connectivity index (χ4n) is 7.58. The van der Waals surface area contributed by atoms with E-state index in [2.05, 4.69) is 19.9 Å². The van der Waals surface area contributed by atoms with Crippen molar-refractivity contribution in [2.45, 2.75) is 77.1 Å². The lowest BCUT2D eigenvalue weighted by atomic mass is 9.49. The van der Waals surface area contributed by atoms with E-state index in [4.69, 9.17) is 9.47 Å². The van der Waals surface area contributed by atoms with Crippen molar-refractivity contribution in [3.63, 3.8) is 0 Å². The third-order valence-electron chi connectivity index (χ3n) is 8.95. The van der Waals surface area contributed by atoms with Crippen LogP contribution in [0.4, 0.5) is 0 Å². The van der Waals surface area contributed by atoms with Gasteiger partial charge in [0.05, 0.1) is 6.10 Å². The van der Waals surface area contributed by atoms with E-state index in [0.29, 0.717) is 23.2 Å². The summed E-state index contributed by atoms with van der Waals surface area (Å²) >= 11 is 0. The summed E-state index contributed by atoms with van der Waals surface area (Å²) in [6.07, 6.45) is 11.5. The number of methoxy groups -OCH3 is 2. The highest BCUT2D eigenvalue weighted by Crippen LogP contribution is 2.64. The normalized spacial score (nSPS) is 50.2. The van der Waals surface area contributed by atoms with Gasteiger partial charge in [-0.1, -0.05) is 18.6 Å². The van der Waals surface area contributed by atoms with Crippen molar-refractivity contribution in [2.24, 2.45) is 35.0 Å². The van der Waals surface area contributed by atoms with Gasteiger partial charge in [-0.2, -0.15) is 0 Å². The lowest BCUT2D eigenvalue weighted by Gasteiger charge is -2.58. The molecule has 0 bridgehead atoms. The summed E-state index contributed by atoms with van der Waals surface area (Å²) in [5.74, 6) is 2.83. The Hall–Kier alpha value is -0.380. The standard InChI is InChI=1S/C22H36O3/c1-5-14-6-7-19-17-12-20(23)18-13-22(24-3,25-4)11-9-16(18)15(17)8-10-21(14,19)2/h5,15-20,23H,6-13H2,1-4H3/b14-5-/t15-,16?,17?,18?,19?,20+,21?/m1/s1. The Balaban J connectivity index is 1.59. The fourth-order valence-corrected chi connectivity index (χ4v) is 7.58. The van der Waals surface area contributed by atoms with Crippen molar-refractivity contribution < 1.29 is 14.6 Å². The van der Waals surface area contributed by atoms with Crippen LogP contribution >= 0.6 is 0 Å². The van der Waals surface area contributed by atoms with E-state index in [9.17, 15) is 5.11 Å². The van der Waals surface area contributed by atoms with Crippen molar-refractivity contribution in [3.05, 3.63) is 11.6 Å². The molecule has 0 aromatic carbocycles. The van der Waals surface area contributed by atoms with E-state index in [1.54, 1.807) is 19.8 Å². The molecule has 4 saturated carbocycles. The van der Waals surface area contributed by atoms with Crippen LogP contribution in [-0.2, 0) is 9.47 Å². The van der Waals surface area contributed by atoms with E-state index >= 15 is 0 Å². The van der Waals surface area contributed by atoms with Crippen LogP contribution in [0.25, 0.3) is 0 Å². The number of aliphatic hydroxyl groups excluding tert-OH is 1. The van der Waals surface area contributed by atoms with Gasteiger partial charge in [-0.3, -0.25) is 0 Å². The van der Waals surface area contributed by atoms with Gasteiger partial charge in [0, 0.05) is 27.1 Å². The number of ether oxygens (including phenoxy) is 2. The molecule has 0 aromatic rings. The van der Waals surface area contributed by atoms with Crippen LogP contribution in [0.1, 0.15) is 65.2 Å². The Morgan fingerprint density at radius 2 is 1.68 bits per heavy atom. The zero-order valence-electron chi connectivity index (χ0n) is 16.5. The average Bonchev–Trinajstić information content (AvgIpc) is 2.98. The molecule has 1 N–H and O–H groups in total. The Morgan fingerprint density at radius 3 is 2.36 bits per heavy atom. The van der Waals surface area contributed by atoms with Crippen molar-refractivity contribution >= 4 is 0 Å². The van der Waals surface area contributed by atoms with Crippen LogP contribution in [0.2, 0.25) is 0 Å². The number of hydrogen-bond acceptors (Lipinski definition) is 3. The number of allylic oxidation sites excluding steroid dienone is 2. The van der Waals surface area contributed by atoms with Gasteiger partial charge in [-0.25, -0.2) is 0 Å². The van der Waals surface area contributed by atoms with Crippen molar-refractivity contribution in [1.82, 2.24) is 0 Å². The lowest BCUT2D eigenvalue weighted by molar-refractivity contribution is -0.256. The Labute approximate surface area is 153 Å². The first-order valence-corrected chi connectivity index (χ1v) is 10.4. The van der Waals surface area contributed by atoms with Crippen LogP contribution in [-0.4, -0.2) is 31.2 Å². The molecule has 4 rings (SSSR count). The highest BCUT2D eigenvalue weighted by atomic mass is 16.7. The number of rotatable bonds is 2. The van der Waals surface area contributed by atoms with Crippen molar-refractivity contribution in [2.75, 3.05) is 14.2 Å². The zero-order valence-corrected chi connectivity index (χ0v) is 16.5. The molecule has 0 radical (unpaired) electrons. The highest BCUT2D eigenvalue weighted by molar-refractivity contribution is 5.23. The fraction of sp³-hybridized carbons (Fsp3) is 0.909. The number of fused-ring (bicyclic) bond motifs is 5. The second-order valence-corrected chi connectivity index (χ2v) is 9.44. The number of aliphatic hydroxyl groups is 1. The molecule has 142 valence electrons. The number of hydrogen-bond donors (Lipinski definition) is 1. The summed E-state index contributed by atoms with van der Waals surface area (Å²) in [5.41, 5.74) is 2.09. The predicted octanol–water partition coefficient (Wildman–Crippen LogP) is 4.55. The maximum atomic E-state index is 11.1. The van der Waals surface area contributed by atoms with Gasteiger partial charge in [0.15, 0.2) is 5.79 Å². The monoisotopic (exact) mass is 348 g/mol. The summed E-state index contributed by atoms with van der Waals surface area (Å²) in [5, 5.41) is 11.1. The molecule has 4 fully saturated rings. The quantitative estimate of drug-likeness (QED) is 0.588. The molecule has 4 aliphatic carbocycles. The lowest BCUT2D eigenvalue weighted by Crippen LogP contribution is -2.55. The molecule has 0 saturated heterocycles. The molecule has 0 aliphatic heterocycles. The van der Waals surface area contributed by atoms with Gasteiger partial charge in [-0.15, -0.1) is 0 Å². The summed E-state index contributed by atoms with van der Waals surface area (Å²) in [6.45, 7) is 4.73. The van der Waals surface area contributed by atoms with E-state index in [0.717, 1.165) is 37.5 Å². The maximum absolute atomic E-state index is 11.1.